The van der Waals surface area contributed by atoms with Crippen LogP contribution in [0.5, 0.6) is 0 Å². The molecule has 4 atom stereocenters. The Kier molecular flexibility index (Phi) is 6.72. The first-order valence-electron chi connectivity index (χ1n) is 12.2. The van der Waals surface area contributed by atoms with Gasteiger partial charge in [-0.05, 0) is 53.4 Å². The summed E-state index contributed by atoms with van der Waals surface area (Å²) in [5.41, 5.74) is 4.76. The maximum atomic E-state index is 12.6. The highest BCUT2D eigenvalue weighted by atomic mass is 16.5. The first-order chi connectivity index (χ1) is 17.0. The van der Waals surface area contributed by atoms with Gasteiger partial charge in [0.2, 0.25) is 5.91 Å². The number of alkyl carbamates (subject to hydrolysis) is 1. The number of rotatable bonds is 9. The zero-order chi connectivity index (χ0) is 24.4. The van der Waals surface area contributed by atoms with Gasteiger partial charge in [-0.15, -0.1) is 0 Å². The van der Waals surface area contributed by atoms with Crippen LogP contribution in [0, 0.1) is 17.8 Å². The molecule has 2 saturated carbocycles. The Hall–Kier alpha value is -3.39. The van der Waals surface area contributed by atoms with E-state index in [1.165, 1.54) is 22.3 Å². The van der Waals surface area contributed by atoms with Gasteiger partial charge in [0, 0.05) is 24.4 Å². The van der Waals surface area contributed by atoms with E-state index in [0.717, 1.165) is 19.3 Å². The Bertz CT molecular complexity index is 1070. The zero-order valence-electron chi connectivity index (χ0n) is 19.4. The van der Waals surface area contributed by atoms with Crippen LogP contribution in [-0.4, -0.2) is 55.5 Å². The van der Waals surface area contributed by atoms with Crippen molar-refractivity contribution in [2.45, 2.75) is 31.2 Å². The molecule has 0 aliphatic heterocycles. The van der Waals surface area contributed by atoms with Crippen molar-refractivity contribution in [1.29, 1.82) is 0 Å². The van der Waals surface area contributed by atoms with E-state index in [2.05, 4.69) is 34.9 Å². The molecule has 2 aromatic carbocycles. The molecule has 2 fully saturated rings. The third-order valence-corrected chi connectivity index (χ3v) is 7.61. The van der Waals surface area contributed by atoms with Crippen molar-refractivity contribution in [2.75, 3.05) is 26.4 Å². The number of aliphatic carboxylic acids is 1. The number of amides is 2. The number of carboxylic acids is 1. The predicted molar refractivity (Wildman–Crippen MR) is 128 cm³/mol. The minimum absolute atomic E-state index is 0.0290. The average Bonchev–Trinajstić information content (AvgIpc) is 3.36. The lowest BCUT2D eigenvalue weighted by Gasteiger charge is -2.40. The first kappa shape index (κ1) is 23.4. The van der Waals surface area contributed by atoms with Gasteiger partial charge < -0.3 is 25.2 Å². The van der Waals surface area contributed by atoms with Crippen LogP contribution in [0.25, 0.3) is 11.1 Å². The molecule has 3 N–H and O–H groups in total. The number of fused-ring (bicyclic) bond motifs is 4. The summed E-state index contributed by atoms with van der Waals surface area (Å²) in [7, 11) is 0. The van der Waals surface area contributed by atoms with Crippen LogP contribution in [0.15, 0.2) is 48.5 Å². The van der Waals surface area contributed by atoms with Crippen molar-refractivity contribution in [3.05, 3.63) is 59.7 Å². The number of carbonyl (C=O) groups excluding carboxylic acids is 2. The number of carbonyl (C=O) groups is 3. The topological polar surface area (TPSA) is 114 Å². The van der Waals surface area contributed by atoms with Crippen LogP contribution in [-0.2, 0) is 19.1 Å². The van der Waals surface area contributed by atoms with Gasteiger partial charge in [-0.3, -0.25) is 4.79 Å². The first-order valence-corrected chi connectivity index (χ1v) is 12.2. The van der Waals surface area contributed by atoms with Gasteiger partial charge >= 0.3 is 12.1 Å². The van der Waals surface area contributed by atoms with Crippen molar-refractivity contribution in [3.8, 4) is 11.1 Å². The largest absolute Gasteiger partial charge is 0.480 e. The van der Waals surface area contributed by atoms with E-state index in [1.54, 1.807) is 0 Å². The summed E-state index contributed by atoms with van der Waals surface area (Å²) in [6, 6.07) is 16.5. The molecule has 0 spiro atoms. The lowest BCUT2D eigenvalue weighted by Crippen LogP contribution is -2.50. The molecule has 0 radical (unpaired) electrons. The predicted octanol–water partition coefficient (Wildman–Crippen LogP) is 3.16. The quantitative estimate of drug-likeness (QED) is 0.477. The van der Waals surface area contributed by atoms with Gasteiger partial charge in [0.15, 0.2) is 0 Å². The van der Waals surface area contributed by atoms with Crippen LogP contribution in [0.3, 0.4) is 0 Å². The molecule has 2 amide bonds. The Labute approximate surface area is 204 Å². The summed E-state index contributed by atoms with van der Waals surface area (Å²) in [5.74, 6) is -0.389. The molecule has 1 unspecified atom stereocenters. The normalized spacial score (nSPS) is 24.0. The molecule has 3 aliphatic rings. The number of ether oxygens (including phenoxy) is 2. The molecule has 0 aromatic heterocycles. The third kappa shape index (κ3) is 4.89. The maximum Gasteiger partial charge on any atom is 0.407 e. The van der Waals surface area contributed by atoms with Gasteiger partial charge in [0.1, 0.15) is 13.2 Å². The van der Waals surface area contributed by atoms with Gasteiger partial charge in [-0.2, -0.15) is 0 Å². The third-order valence-electron chi connectivity index (χ3n) is 7.61. The van der Waals surface area contributed by atoms with Gasteiger partial charge in [0.25, 0.3) is 0 Å². The van der Waals surface area contributed by atoms with E-state index in [9.17, 15) is 14.4 Å². The standard InChI is InChI=1S/C27H30N2O6/c30-25(31)15-34-10-9-28-26(32)17-11-16-13-24(22(16)12-17)29-27(33)35-14-23-20-7-3-1-5-18(20)19-6-2-4-8-21(19)23/h1-8,16-17,22-24H,9-15H2,(H,28,32)(H,29,33)(H,30,31)/t16-,17?,22-,24+/m0/s1. The SMILES string of the molecule is O=C(O)COCCNC(=O)C1C[C@H]2C[C@@H](NC(=O)OCC3c4ccccc4-c4ccccc43)[C@H]2C1. The highest BCUT2D eigenvalue weighted by Crippen LogP contribution is 2.50. The molecular formula is C27H30N2O6. The van der Waals surface area contributed by atoms with Crippen molar-refractivity contribution in [2.24, 2.45) is 17.8 Å². The van der Waals surface area contributed by atoms with Gasteiger partial charge in [-0.25, -0.2) is 9.59 Å². The number of nitrogens with one attached hydrogen (secondary N) is 2. The fraction of sp³-hybridized carbons (Fsp3) is 0.444. The van der Waals surface area contributed by atoms with E-state index in [0.29, 0.717) is 12.5 Å². The number of carboxylic acid groups (broad SMARTS) is 1. The summed E-state index contributed by atoms with van der Waals surface area (Å²) in [5, 5.41) is 14.4. The minimum atomic E-state index is -1.03. The molecule has 0 bridgehead atoms. The lowest BCUT2D eigenvalue weighted by molar-refractivity contribution is -0.142. The van der Waals surface area contributed by atoms with Crippen LogP contribution in [0.2, 0.25) is 0 Å². The van der Waals surface area contributed by atoms with Crippen molar-refractivity contribution >= 4 is 18.0 Å². The lowest BCUT2D eigenvalue weighted by atomic mass is 9.71. The van der Waals surface area contributed by atoms with E-state index >= 15 is 0 Å². The van der Waals surface area contributed by atoms with E-state index in [-0.39, 0.29) is 49.5 Å². The molecule has 8 nitrogen and oxygen atoms in total. The number of hydrogen-bond acceptors (Lipinski definition) is 5. The molecule has 0 saturated heterocycles. The van der Waals surface area contributed by atoms with Crippen LogP contribution in [0.4, 0.5) is 4.79 Å². The number of hydrogen-bond donors (Lipinski definition) is 3. The fourth-order valence-electron chi connectivity index (χ4n) is 5.95. The Morgan fingerprint density at radius 1 is 0.943 bits per heavy atom. The molecule has 8 heteroatoms. The molecule has 5 rings (SSSR count). The summed E-state index contributed by atoms with van der Waals surface area (Å²) >= 11 is 0. The van der Waals surface area contributed by atoms with Gasteiger partial charge in [0.05, 0.1) is 6.61 Å². The monoisotopic (exact) mass is 478 g/mol. The fourth-order valence-corrected chi connectivity index (χ4v) is 5.95. The van der Waals surface area contributed by atoms with Crippen molar-refractivity contribution in [1.82, 2.24) is 10.6 Å². The smallest absolute Gasteiger partial charge is 0.407 e. The molecular weight excluding hydrogens is 448 g/mol. The molecule has 2 aromatic rings. The molecule has 35 heavy (non-hydrogen) atoms. The minimum Gasteiger partial charge on any atom is -0.480 e. The second-order valence-electron chi connectivity index (χ2n) is 9.64. The highest BCUT2D eigenvalue weighted by molar-refractivity contribution is 5.80. The highest BCUT2D eigenvalue weighted by Gasteiger charge is 2.50. The maximum absolute atomic E-state index is 12.6. The molecule has 0 heterocycles. The van der Waals surface area contributed by atoms with Crippen LogP contribution < -0.4 is 10.6 Å². The summed E-state index contributed by atoms with van der Waals surface area (Å²) < 4.78 is 10.6. The van der Waals surface area contributed by atoms with Crippen molar-refractivity contribution < 1.29 is 29.0 Å². The average molecular weight is 479 g/mol. The summed E-state index contributed by atoms with van der Waals surface area (Å²) in [6.45, 7) is 0.380. The summed E-state index contributed by atoms with van der Waals surface area (Å²) in [4.78, 5) is 35.5. The Morgan fingerprint density at radius 3 is 2.31 bits per heavy atom. The van der Waals surface area contributed by atoms with E-state index < -0.39 is 12.1 Å². The number of benzene rings is 2. The zero-order valence-corrected chi connectivity index (χ0v) is 19.4. The Balaban J connectivity index is 1.07. The Morgan fingerprint density at radius 2 is 1.63 bits per heavy atom. The second kappa shape index (κ2) is 10.1. The molecule has 184 valence electrons. The van der Waals surface area contributed by atoms with Crippen molar-refractivity contribution in [3.63, 3.8) is 0 Å². The van der Waals surface area contributed by atoms with Gasteiger partial charge in [-0.1, -0.05) is 48.5 Å². The van der Waals surface area contributed by atoms with E-state index in [1.807, 2.05) is 24.3 Å². The molecule has 3 aliphatic carbocycles. The summed E-state index contributed by atoms with van der Waals surface area (Å²) in [6.07, 6.45) is 2.01. The van der Waals surface area contributed by atoms with Crippen LogP contribution >= 0.6 is 0 Å². The second-order valence-corrected chi connectivity index (χ2v) is 9.64. The van der Waals surface area contributed by atoms with E-state index in [4.69, 9.17) is 14.6 Å². The van der Waals surface area contributed by atoms with Crippen LogP contribution in [0.1, 0.15) is 36.3 Å².